The van der Waals surface area contributed by atoms with Crippen molar-refractivity contribution in [3.63, 3.8) is 0 Å². The van der Waals surface area contributed by atoms with Crippen LogP contribution in [0.3, 0.4) is 0 Å². The monoisotopic (exact) mass is 300 g/mol. The number of nitrogens with two attached hydrogens (primary N) is 1. The molecule has 0 aliphatic carbocycles. The lowest BCUT2D eigenvalue weighted by molar-refractivity contribution is 0.0691. The predicted molar refractivity (Wildman–Crippen MR) is 81.8 cm³/mol. The molecular formula is C13H24N4O4. The molecule has 0 radical (unpaired) electrons. The fourth-order valence-corrected chi connectivity index (χ4v) is 1.86. The first-order valence-corrected chi connectivity index (χ1v) is 7.05. The van der Waals surface area contributed by atoms with Crippen LogP contribution < -0.4 is 22.3 Å². The van der Waals surface area contributed by atoms with Gasteiger partial charge < -0.3 is 20.5 Å². The molecule has 120 valence electrons. The number of hydrogen-bond acceptors (Lipinski definition) is 6. The van der Waals surface area contributed by atoms with Gasteiger partial charge in [-0.05, 0) is 19.8 Å². The molecule has 0 fully saturated rings. The Bertz CT molecular complexity index is 538. The number of unbranched alkanes of at least 4 members (excludes halogenated alkanes) is 1. The number of anilines is 2. The molecule has 0 unspecified atom stereocenters. The van der Waals surface area contributed by atoms with E-state index in [1.807, 2.05) is 0 Å². The molecule has 1 aromatic heterocycles. The van der Waals surface area contributed by atoms with Crippen molar-refractivity contribution in [2.45, 2.75) is 26.3 Å². The molecule has 0 saturated heterocycles. The number of methoxy groups -OCH3 is 1. The quantitative estimate of drug-likeness (QED) is 0.524. The minimum absolute atomic E-state index is 0.169. The third kappa shape index (κ3) is 5.24. The highest BCUT2D eigenvalue weighted by molar-refractivity contribution is 5.60. The Balaban J connectivity index is 2.42. The third-order valence-corrected chi connectivity index (χ3v) is 3.00. The summed E-state index contributed by atoms with van der Waals surface area (Å²) in [5.41, 5.74) is 5.10. The molecule has 0 saturated carbocycles. The summed E-state index contributed by atoms with van der Waals surface area (Å²) in [6.45, 7) is 4.59. The molecule has 0 aromatic carbocycles. The van der Waals surface area contributed by atoms with Gasteiger partial charge in [-0.3, -0.25) is 14.3 Å². The standard InChI is InChI=1S/C13H24N4O4/c1-3-17-11(14)10(12(18)16-13(17)19)15-6-4-5-7-21-9-8-20-2/h15H,3-9,14H2,1-2H3,(H,16,18,19). The lowest BCUT2D eigenvalue weighted by atomic mass is 10.3. The normalized spacial score (nSPS) is 10.8. The summed E-state index contributed by atoms with van der Waals surface area (Å²) < 4.78 is 11.5. The van der Waals surface area contributed by atoms with E-state index in [4.69, 9.17) is 15.2 Å². The summed E-state index contributed by atoms with van der Waals surface area (Å²) in [6.07, 6.45) is 1.69. The number of aromatic amines is 1. The van der Waals surface area contributed by atoms with E-state index in [1.165, 1.54) is 4.57 Å². The molecule has 0 bridgehead atoms. The number of hydrogen-bond donors (Lipinski definition) is 3. The third-order valence-electron chi connectivity index (χ3n) is 3.00. The predicted octanol–water partition coefficient (Wildman–Crippen LogP) is -0.00620. The Morgan fingerprint density at radius 1 is 1.24 bits per heavy atom. The fourth-order valence-electron chi connectivity index (χ4n) is 1.86. The van der Waals surface area contributed by atoms with Gasteiger partial charge in [0.1, 0.15) is 11.5 Å². The van der Waals surface area contributed by atoms with Crippen LogP contribution in [0.5, 0.6) is 0 Å². The summed E-state index contributed by atoms with van der Waals surface area (Å²) in [5, 5.41) is 2.98. The fraction of sp³-hybridized carbons (Fsp3) is 0.692. The van der Waals surface area contributed by atoms with Crippen LogP contribution in [0.15, 0.2) is 9.59 Å². The van der Waals surface area contributed by atoms with Gasteiger partial charge in [-0.1, -0.05) is 0 Å². The average Bonchev–Trinajstić information content (AvgIpc) is 2.45. The molecule has 8 heteroatoms. The number of nitrogens with one attached hydrogen (secondary N) is 2. The topological polar surface area (TPSA) is 111 Å². The van der Waals surface area contributed by atoms with Crippen LogP contribution in [0, 0.1) is 0 Å². The second-order valence-corrected chi connectivity index (χ2v) is 4.50. The van der Waals surface area contributed by atoms with E-state index < -0.39 is 11.2 Å². The first-order chi connectivity index (χ1) is 10.1. The van der Waals surface area contributed by atoms with Crippen LogP contribution in [0.4, 0.5) is 11.5 Å². The van der Waals surface area contributed by atoms with Crippen molar-refractivity contribution >= 4 is 11.5 Å². The van der Waals surface area contributed by atoms with Gasteiger partial charge in [-0.15, -0.1) is 0 Å². The molecule has 1 aromatic rings. The van der Waals surface area contributed by atoms with E-state index in [2.05, 4.69) is 10.3 Å². The van der Waals surface area contributed by atoms with Crippen LogP contribution in [-0.4, -0.2) is 43.0 Å². The zero-order valence-corrected chi connectivity index (χ0v) is 12.6. The Labute approximate surface area is 123 Å². The smallest absolute Gasteiger partial charge is 0.330 e. The van der Waals surface area contributed by atoms with E-state index in [0.29, 0.717) is 32.9 Å². The van der Waals surface area contributed by atoms with E-state index in [-0.39, 0.29) is 11.5 Å². The lowest BCUT2D eigenvalue weighted by Gasteiger charge is -2.12. The Hall–Kier alpha value is -1.80. The minimum Gasteiger partial charge on any atom is -0.383 e. The lowest BCUT2D eigenvalue weighted by Crippen LogP contribution is -2.33. The minimum atomic E-state index is -0.489. The van der Waals surface area contributed by atoms with Crippen molar-refractivity contribution in [1.82, 2.24) is 9.55 Å². The van der Waals surface area contributed by atoms with Gasteiger partial charge in [0.05, 0.1) is 13.2 Å². The van der Waals surface area contributed by atoms with E-state index in [1.54, 1.807) is 14.0 Å². The maximum Gasteiger partial charge on any atom is 0.330 e. The molecule has 4 N–H and O–H groups in total. The molecular weight excluding hydrogens is 276 g/mol. The second kappa shape index (κ2) is 9.19. The van der Waals surface area contributed by atoms with Crippen LogP contribution >= 0.6 is 0 Å². The Kier molecular flexibility index (Phi) is 7.55. The highest BCUT2D eigenvalue weighted by Crippen LogP contribution is 2.09. The molecule has 8 nitrogen and oxygen atoms in total. The highest BCUT2D eigenvalue weighted by Gasteiger charge is 2.10. The molecule has 21 heavy (non-hydrogen) atoms. The van der Waals surface area contributed by atoms with Crippen molar-refractivity contribution in [3.8, 4) is 0 Å². The number of nitrogen functional groups attached to an aromatic ring is 1. The second-order valence-electron chi connectivity index (χ2n) is 4.50. The van der Waals surface area contributed by atoms with Crippen molar-refractivity contribution in [1.29, 1.82) is 0 Å². The van der Waals surface area contributed by atoms with Crippen LogP contribution in [0.1, 0.15) is 19.8 Å². The SMILES string of the molecule is CCn1c(N)c(NCCCCOCCOC)c(=O)[nH]c1=O. The van der Waals surface area contributed by atoms with Crippen molar-refractivity contribution in [2.24, 2.45) is 0 Å². The van der Waals surface area contributed by atoms with E-state index >= 15 is 0 Å². The van der Waals surface area contributed by atoms with E-state index in [0.717, 1.165) is 12.8 Å². The largest absolute Gasteiger partial charge is 0.383 e. The van der Waals surface area contributed by atoms with Gasteiger partial charge in [0.2, 0.25) is 0 Å². The summed E-state index contributed by atoms with van der Waals surface area (Å²) in [4.78, 5) is 25.5. The molecule has 1 rings (SSSR count). The molecule has 0 aliphatic rings. The number of nitrogens with zero attached hydrogens (tertiary/aromatic N) is 1. The summed E-state index contributed by atoms with van der Waals surface area (Å²) in [6, 6.07) is 0. The summed E-state index contributed by atoms with van der Waals surface area (Å²) >= 11 is 0. The van der Waals surface area contributed by atoms with Crippen LogP contribution in [-0.2, 0) is 16.0 Å². The number of H-pyrrole nitrogens is 1. The van der Waals surface area contributed by atoms with Gasteiger partial charge >= 0.3 is 5.69 Å². The van der Waals surface area contributed by atoms with Gasteiger partial charge in [-0.2, -0.15) is 0 Å². The molecule has 0 spiro atoms. The highest BCUT2D eigenvalue weighted by atomic mass is 16.5. The number of aromatic nitrogens is 2. The van der Waals surface area contributed by atoms with Crippen molar-refractivity contribution in [2.75, 3.05) is 44.5 Å². The Morgan fingerprint density at radius 2 is 2.00 bits per heavy atom. The molecule has 1 heterocycles. The van der Waals surface area contributed by atoms with Crippen LogP contribution in [0.25, 0.3) is 0 Å². The maximum absolute atomic E-state index is 11.7. The first-order valence-electron chi connectivity index (χ1n) is 7.05. The zero-order valence-electron chi connectivity index (χ0n) is 12.6. The summed E-state index contributed by atoms with van der Waals surface area (Å²) in [7, 11) is 1.63. The van der Waals surface area contributed by atoms with Gasteiger partial charge in [-0.25, -0.2) is 4.79 Å². The van der Waals surface area contributed by atoms with Crippen LogP contribution in [0.2, 0.25) is 0 Å². The number of ether oxygens (including phenoxy) is 2. The average molecular weight is 300 g/mol. The van der Waals surface area contributed by atoms with Gasteiger partial charge in [0.25, 0.3) is 5.56 Å². The molecule has 0 atom stereocenters. The molecule has 0 amide bonds. The Morgan fingerprint density at radius 3 is 2.67 bits per heavy atom. The first kappa shape index (κ1) is 17.3. The van der Waals surface area contributed by atoms with Crippen molar-refractivity contribution < 1.29 is 9.47 Å². The van der Waals surface area contributed by atoms with Gasteiger partial charge in [0, 0.05) is 26.8 Å². The van der Waals surface area contributed by atoms with Crippen molar-refractivity contribution in [3.05, 3.63) is 20.8 Å². The number of rotatable bonds is 10. The van der Waals surface area contributed by atoms with E-state index in [9.17, 15) is 9.59 Å². The maximum atomic E-state index is 11.7. The van der Waals surface area contributed by atoms with Gasteiger partial charge in [0.15, 0.2) is 0 Å². The zero-order chi connectivity index (χ0) is 15.7. The molecule has 0 aliphatic heterocycles. The summed E-state index contributed by atoms with van der Waals surface area (Å²) in [5.74, 6) is 0.169.